The fourth-order valence-electron chi connectivity index (χ4n) is 1.98. The molecule has 2 N–H and O–H groups in total. The molecule has 0 heterocycles. The van der Waals surface area contributed by atoms with Crippen LogP contribution >= 0.6 is 11.6 Å². The van der Waals surface area contributed by atoms with Gasteiger partial charge in [0.25, 0.3) is 0 Å². The summed E-state index contributed by atoms with van der Waals surface area (Å²) in [6, 6.07) is 15.6. The number of benzene rings is 2. The molecule has 2 aromatic carbocycles. The summed E-state index contributed by atoms with van der Waals surface area (Å²) < 4.78 is 0. The first-order chi connectivity index (χ1) is 10.1. The van der Waals surface area contributed by atoms with E-state index in [1.54, 1.807) is 6.07 Å². The highest BCUT2D eigenvalue weighted by atomic mass is 35.5. The first kappa shape index (κ1) is 15.5. The van der Waals surface area contributed by atoms with Gasteiger partial charge < -0.3 is 10.6 Å². The summed E-state index contributed by atoms with van der Waals surface area (Å²) in [5.74, 6) is -0.0855. The van der Waals surface area contributed by atoms with Crippen LogP contribution < -0.4 is 10.6 Å². The van der Waals surface area contributed by atoms with Gasteiger partial charge in [-0.05, 0) is 37.1 Å². The van der Waals surface area contributed by atoms with E-state index in [1.807, 2.05) is 56.3 Å². The van der Waals surface area contributed by atoms with E-state index in [-0.39, 0.29) is 18.5 Å². The number of rotatable bonds is 5. The van der Waals surface area contributed by atoms with Gasteiger partial charge in [0, 0.05) is 16.8 Å². The predicted octanol–water partition coefficient (Wildman–Crippen LogP) is 3.94. The summed E-state index contributed by atoms with van der Waals surface area (Å²) in [6.45, 7) is 4.21. The zero-order valence-corrected chi connectivity index (χ0v) is 12.9. The maximum Gasteiger partial charge on any atom is 0.238 e. The molecule has 0 aromatic heterocycles. The summed E-state index contributed by atoms with van der Waals surface area (Å²) >= 11 is 6.04. The number of hydrogen-bond acceptors (Lipinski definition) is 2. The van der Waals surface area contributed by atoms with Crippen molar-refractivity contribution in [1.29, 1.82) is 0 Å². The van der Waals surface area contributed by atoms with Crippen molar-refractivity contribution < 1.29 is 4.79 Å². The van der Waals surface area contributed by atoms with Crippen LogP contribution in [0.25, 0.3) is 0 Å². The zero-order chi connectivity index (χ0) is 15.2. The standard InChI is InChI=1S/C17H19ClN2O/c1-12-8-9-15(10-16(12)18)20-17(21)11-19-13(2)14-6-4-3-5-7-14/h3-10,13,19H,11H2,1-2H3,(H,20,21)/t13-/m0/s1. The molecule has 0 unspecified atom stereocenters. The Labute approximate surface area is 130 Å². The molecular weight excluding hydrogens is 284 g/mol. The molecule has 2 rings (SSSR count). The van der Waals surface area contributed by atoms with Crippen molar-refractivity contribution in [3.63, 3.8) is 0 Å². The molecule has 0 aliphatic heterocycles. The number of carbonyl (C=O) groups is 1. The highest BCUT2D eigenvalue weighted by molar-refractivity contribution is 6.31. The van der Waals surface area contributed by atoms with E-state index in [4.69, 9.17) is 11.6 Å². The van der Waals surface area contributed by atoms with Crippen LogP contribution in [-0.4, -0.2) is 12.5 Å². The monoisotopic (exact) mass is 302 g/mol. The Morgan fingerprint density at radius 2 is 1.90 bits per heavy atom. The van der Waals surface area contributed by atoms with E-state index in [0.29, 0.717) is 10.7 Å². The Kier molecular flexibility index (Phi) is 5.37. The molecule has 3 nitrogen and oxygen atoms in total. The topological polar surface area (TPSA) is 41.1 Å². The number of anilines is 1. The van der Waals surface area contributed by atoms with Crippen LogP contribution in [0.15, 0.2) is 48.5 Å². The quantitative estimate of drug-likeness (QED) is 0.878. The molecule has 0 bridgehead atoms. The first-order valence-corrected chi connectivity index (χ1v) is 7.28. The number of hydrogen-bond donors (Lipinski definition) is 2. The van der Waals surface area contributed by atoms with Gasteiger partial charge in [-0.25, -0.2) is 0 Å². The molecule has 4 heteroatoms. The van der Waals surface area contributed by atoms with Crippen molar-refractivity contribution in [2.45, 2.75) is 19.9 Å². The van der Waals surface area contributed by atoms with Crippen molar-refractivity contribution in [2.75, 3.05) is 11.9 Å². The number of nitrogens with one attached hydrogen (secondary N) is 2. The van der Waals surface area contributed by atoms with Gasteiger partial charge >= 0.3 is 0 Å². The second-order valence-corrected chi connectivity index (χ2v) is 5.43. The lowest BCUT2D eigenvalue weighted by Crippen LogP contribution is -2.30. The maximum absolute atomic E-state index is 11.9. The molecule has 0 aliphatic rings. The summed E-state index contributed by atoms with van der Waals surface area (Å²) in [4.78, 5) is 11.9. The van der Waals surface area contributed by atoms with Crippen LogP contribution in [0.5, 0.6) is 0 Å². The summed E-state index contributed by atoms with van der Waals surface area (Å²) in [5.41, 5.74) is 2.86. The fourth-order valence-corrected chi connectivity index (χ4v) is 2.16. The Hall–Kier alpha value is -1.84. The van der Waals surface area contributed by atoms with Crippen LogP contribution in [0.2, 0.25) is 5.02 Å². The SMILES string of the molecule is Cc1ccc(NC(=O)CN[C@@H](C)c2ccccc2)cc1Cl. The van der Waals surface area contributed by atoms with Crippen LogP contribution in [0.4, 0.5) is 5.69 Å². The smallest absolute Gasteiger partial charge is 0.238 e. The molecule has 2 aromatic rings. The van der Waals surface area contributed by atoms with Crippen molar-refractivity contribution in [3.8, 4) is 0 Å². The first-order valence-electron chi connectivity index (χ1n) is 6.90. The molecule has 0 saturated carbocycles. The third-order valence-corrected chi connectivity index (χ3v) is 3.73. The molecule has 21 heavy (non-hydrogen) atoms. The Balaban J connectivity index is 1.86. The molecule has 0 saturated heterocycles. The van der Waals surface area contributed by atoms with Gasteiger partial charge in [-0.15, -0.1) is 0 Å². The zero-order valence-electron chi connectivity index (χ0n) is 12.2. The molecule has 0 spiro atoms. The average Bonchev–Trinajstić information content (AvgIpc) is 2.49. The van der Waals surface area contributed by atoms with E-state index in [2.05, 4.69) is 10.6 Å². The molecule has 0 aliphatic carbocycles. The van der Waals surface area contributed by atoms with E-state index in [9.17, 15) is 4.79 Å². The number of amides is 1. The molecule has 1 amide bonds. The molecule has 1 atom stereocenters. The average molecular weight is 303 g/mol. The van der Waals surface area contributed by atoms with Gasteiger partial charge in [-0.1, -0.05) is 48.0 Å². The van der Waals surface area contributed by atoms with E-state index >= 15 is 0 Å². The van der Waals surface area contributed by atoms with Crippen molar-refractivity contribution in [3.05, 3.63) is 64.7 Å². The summed E-state index contributed by atoms with van der Waals surface area (Å²) in [7, 11) is 0. The summed E-state index contributed by atoms with van der Waals surface area (Å²) in [6.07, 6.45) is 0. The molecule has 110 valence electrons. The lowest BCUT2D eigenvalue weighted by atomic mass is 10.1. The Morgan fingerprint density at radius 3 is 2.57 bits per heavy atom. The highest BCUT2D eigenvalue weighted by Crippen LogP contribution is 2.19. The van der Waals surface area contributed by atoms with Crippen molar-refractivity contribution in [1.82, 2.24) is 5.32 Å². The minimum Gasteiger partial charge on any atom is -0.325 e. The second kappa shape index (κ2) is 7.25. The van der Waals surface area contributed by atoms with Gasteiger partial charge in [0.1, 0.15) is 0 Å². The third kappa shape index (κ3) is 4.59. The van der Waals surface area contributed by atoms with Gasteiger partial charge in [-0.3, -0.25) is 4.79 Å². The van der Waals surface area contributed by atoms with Gasteiger partial charge in [-0.2, -0.15) is 0 Å². The molecule has 0 radical (unpaired) electrons. The Morgan fingerprint density at radius 1 is 1.19 bits per heavy atom. The second-order valence-electron chi connectivity index (χ2n) is 5.03. The molecular formula is C17H19ClN2O. The third-order valence-electron chi connectivity index (χ3n) is 3.32. The minimum atomic E-state index is -0.0855. The Bertz CT molecular complexity index is 613. The van der Waals surface area contributed by atoms with Crippen LogP contribution in [0.1, 0.15) is 24.1 Å². The van der Waals surface area contributed by atoms with E-state index in [1.165, 1.54) is 0 Å². The minimum absolute atomic E-state index is 0.0855. The van der Waals surface area contributed by atoms with Gasteiger partial charge in [0.05, 0.1) is 6.54 Å². The predicted molar refractivity (Wildman–Crippen MR) is 87.7 cm³/mol. The summed E-state index contributed by atoms with van der Waals surface area (Å²) in [5, 5.41) is 6.68. The lowest BCUT2D eigenvalue weighted by Gasteiger charge is -2.14. The van der Waals surface area contributed by atoms with E-state index < -0.39 is 0 Å². The van der Waals surface area contributed by atoms with Gasteiger partial charge in [0.2, 0.25) is 5.91 Å². The van der Waals surface area contributed by atoms with Crippen LogP contribution in [0, 0.1) is 6.92 Å². The van der Waals surface area contributed by atoms with E-state index in [0.717, 1.165) is 11.1 Å². The fraction of sp³-hybridized carbons (Fsp3) is 0.235. The van der Waals surface area contributed by atoms with Crippen molar-refractivity contribution >= 4 is 23.2 Å². The number of halogens is 1. The highest BCUT2D eigenvalue weighted by Gasteiger charge is 2.08. The maximum atomic E-state index is 11.9. The normalized spacial score (nSPS) is 12.0. The van der Waals surface area contributed by atoms with Gasteiger partial charge in [0.15, 0.2) is 0 Å². The number of carbonyl (C=O) groups excluding carboxylic acids is 1. The van der Waals surface area contributed by atoms with Crippen LogP contribution in [-0.2, 0) is 4.79 Å². The largest absolute Gasteiger partial charge is 0.325 e. The van der Waals surface area contributed by atoms with Crippen molar-refractivity contribution in [2.24, 2.45) is 0 Å². The number of aryl methyl sites for hydroxylation is 1. The molecule has 0 fully saturated rings. The lowest BCUT2D eigenvalue weighted by molar-refractivity contribution is -0.115. The van der Waals surface area contributed by atoms with Crippen LogP contribution in [0.3, 0.4) is 0 Å².